The Morgan fingerprint density at radius 1 is 1.31 bits per heavy atom. The number of rotatable bonds is 2. The van der Waals surface area contributed by atoms with Crippen LogP contribution in [0.3, 0.4) is 0 Å². The van der Waals surface area contributed by atoms with Crippen molar-refractivity contribution >= 4 is 15.9 Å². The van der Waals surface area contributed by atoms with Crippen LogP contribution in [0.5, 0.6) is 0 Å². The first-order valence-corrected chi connectivity index (χ1v) is 6.93. The third-order valence-electron chi connectivity index (χ3n) is 3.74. The molecule has 0 bridgehead atoms. The van der Waals surface area contributed by atoms with Crippen LogP contribution in [-0.2, 0) is 6.42 Å². The molecule has 0 saturated carbocycles. The van der Waals surface area contributed by atoms with Crippen molar-refractivity contribution < 1.29 is 0 Å². The Balaban J connectivity index is 2.11. The summed E-state index contributed by atoms with van der Waals surface area (Å²) in [6.07, 6.45) is 3.94. The van der Waals surface area contributed by atoms with Gasteiger partial charge in [-0.05, 0) is 74.9 Å². The lowest BCUT2D eigenvalue weighted by molar-refractivity contribution is 0.375. The van der Waals surface area contributed by atoms with Crippen LogP contribution in [0.2, 0.25) is 0 Å². The highest BCUT2D eigenvalue weighted by Gasteiger charge is 2.15. The molecule has 1 saturated heterocycles. The number of hydrogen-bond acceptors (Lipinski definition) is 1. The normalized spacial score (nSPS) is 21.1. The maximum atomic E-state index is 3.59. The van der Waals surface area contributed by atoms with Crippen molar-refractivity contribution in [2.45, 2.75) is 33.1 Å². The fourth-order valence-electron chi connectivity index (χ4n) is 2.47. The summed E-state index contributed by atoms with van der Waals surface area (Å²) in [6.45, 7) is 6.83. The number of piperidine rings is 1. The number of halogens is 1. The van der Waals surface area contributed by atoms with E-state index in [0.717, 1.165) is 5.92 Å². The monoisotopic (exact) mass is 281 g/mol. The van der Waals surface area contributed by atoms with E-state index < -0.39 is 0 Å². The Morgan fingerprint density at radius 2 is 2.12 bits per heavy atom. The number of hydrogen-bond donors (Lipinski definition) is 1. The van der Waals surface area contributed by atoms with Gasteiger partial charge in [0.1, 0.15) is 0 Å². The van der Waals surface area contributed by atoms with Crippen LogP contribution < -0.4 is 5.32 Å². The molecule has 0 aromatic heterocycles. The Hall–Kier alpha value is -0.340. The third-order valence-corrected chi connectivity index (χ3v) is 4.60. The first-order valence-electron chi connectivity index (χ1n) is 6.14. The molecule has 1 aromatic carbocycles. The standard InChI is InChI=1S/C14H20BrN/c1-10-11(2)14(15)6-5-13(10)8-12-4-3-7-16-9-12/h5-6,12,16H,3-4,7-9H2,1-2H3. The number of nitrogens with one attached hydrogen (secondary N) is 1. The van der Waals surface area contributed by atoms with Crippen molar-refractivity contribution in [2.24, 2.45) is 5.92 Å². The van der Waals surface area contributed by atoms with E-state index in [2.05, 4.69) is 47.2 Å². The average Bonchev–Trinajstić information content (AvgIpc) is 2.31. The Kier molecular flexibility index (Phi) is 4.04. The third kappa shape index (κ3) is 2.67. The van der Waals surface area contributed by atoms with E-state index in [9.17, 15) is 0 Å². The highest BCUT2D eigenvalue weighted by atomic mass is 79.9. The topological polar surface area (TPSA) is 12.0 Å². The summed E-state index contributed by atoms with van der Waals surface area (Å²) in [5, 5.41) is 3.49. The summed E-state index contributed by atoms with van der Waals surface area (Å²) in [6, 6.07) is 4.47. The van der Waals surface area contributed by atoms with Gasteiger partial charge in [-0.3, -0.25) is 0 Å². The maximum absolute atomic E-state index is 3.59. The molecule has 0 spiro atoms. The molecule has 16 heavy (non-hydrogen) atoms. The van der Waals surface area contributed by atoms with Gasteiger partial charge < -0.3 is 5.32 Å². The van der Waals surface area contributed by atoms with E-state index in [0.29, 0.717) is 0 Å². The molecule has 0 radical (unpaired) electrons. The van der Waals surface area contributed by atoms with Crippen LogP contribution in [0.25, 0.3) is 0 Å². The summed E-state index contributed by atoms with van der Waals surface area (Å²) in [4.78, 5) is 0. The Bertz CT molecular complexity index is 367. The van der Waals surface area contributed by atoms with Crippen molar-refractivity contribution in [3.8, 4) is 0 Å². The molecule has 2 rings (SSSR count). The second-order valence-electron chi connectivity index (χ2n) is 4.87. The van der Waals surface area contributed by atoms with E-state index in [1.165, 1.54) is 53.5 Å². The van der Waals surface area contributed by atoms with Crippen molar-refractivity contribution in [1.29, 1.82) is 0 Å². The second-order valence-corrected chi connectivity index (χ2v) is 5.73. The van der Waals surface area contributed by atoms with E-state index in [1.54, 1.807) is 0 Å². The van der Waals surface area contributed by atoms with Gasteiger partial charge in [-0.25, -0.2) is 0 Å². The highest BCUT2D eigenvalue weighted by molar-refractivity contribution is 9.10. The first-order chi connectivity index (χ1) is 7.68. The molecule has 1 unspecified atom stereocenters. The SMILES string of the molecule is Cc1c(Br)ccc(CC2CCCNC2)c1C. The predicted molar refractivity (Wildman–Crippen MR) is 72.9 cm³/mol. The summed E-state index contributed by atoms with van der Waals surface area (Å²) in [5.74, 6) is 0.827. The van der Waals surface area contributed by atoms with Gasteiger partial charge >= 0.3 is 0 Å². The smallest absolute Gasteiger partial charge is 0.0207 e. The van der Waals surface area contributed by atoms with Crippen LogP contribution in [0.4, 0.5) is 0 Å². The fourth-order valence-corrected chi connectivity index (χ4v) is 2.90. The van der Waals surface area contributed by atoms with Crippen molar-refractivity contribution in [3.05, 3.63) is 33.3 Å². The van der Waals surface area contributed by atoms with Crippen LogP contribution in [0.1, 0.15) is 29.5 Å². The lowest BCUT2D eigenvalue weighted by Gasteiger charge is -2.24. The van der Waals surface area contributed by atoms with Crippen molar-refractivity contribution in [3.63, 3.8) is 0 Å². The Morgan fingerprint density at radius 3 is 2.81 bits per heavy atom. The lowest BCUT2D eigenvalue weighted by atomic mass is 9.89. The van der Waals surface area contributed by atoms with Crippen LogP contribution >= 0.6 is 15.9 Å². The van der Waals surface area contributed by atoms with E-state index in [1.807, 2.05) is 0 Å². The summed E-state index contributed by atoms with van der Waals surface area (Å²) >= 11 is 3.59. The summed E-state index contributed by atoms with van der Waals surface area (Å²) < 4.78 is 1.23. The minimum absolute atomic E-state index is 0.827. The molecule has 88 valence electrons. The van der Waals surface area contributed by atoms with E-state index in [-0.39, 0.29) is 0 Å². The molecule has 2 heteroatoms. The minimum atomic E-state index is 0.827. The van der Waals surface area contributed by atoms with Gasteiger partial charge in [0.2, 0.25) is 0 Å². The summed E-state index contributed by atoms with van der Waals surface area (Å²) in [5.41, 5.74) is 4.37. The predicted octanol–water partition coefficient (Wildman–Crippen LogP) is 3.61. The van der Waals surface area contributed by atoms with Crippen LogP contribution in [-0.4, -0.2) is 13.1 Å². The molecule has 1 fully saturated rings. The lowest BCUT2D eigenvalue weighted by Crippen LogP contribution is -2.31. The quantitative estimate of drug-likeness (QED) is 0.873. The van der Waals surface area contributed by atoms with Gasteiger partial charge in [-0.15, -0.1) is 0 Å². The van der Waals surface area contributed by atoms with Crippen LogP contribution in [0.15, 0.2) is 16.6 Å². The van der Waals surface area contributed by atoms with E-state index in [4.69, 9.17) is 0 Å². The van der Waals surface area contributed by atoms with Gasteiger partial charge in [-0.2, -0.15) is 0 Å². The summed E-state index contributed by atoms with van der Waals surface area (Å²) in [7, 11) is 0. The van der Waals surface area contributed by atoms with Crippen molar-refractivity contribution in [1.82, 2.24) is 5.32 Å². The first kappa shape index (κ1) is 12.1. The van der Waals surface area contributed by atoms with E-state index >= 15 is 0 Å². The molecule has 0 aliphatic carbocycles. The fraction of sp³-hybridized carbons (Fsp3) is 0.571. The molecule has 1 N–H and O–H groups in total. The molecule has 1 nitrogen and oxygen atoms in total. The Labute approximate surface area is 107 Å². The average molecular weight is 282 g/mol. The second kappa shape index (κ2) is 5.33. The molecular formula is C14H20BrN. The largest absolute Gasteiger partial charge is 0.316 e. The highest BCUT2D eigenvalue weighted by Crippen LogP contribution is 2.25. The van der Waals surface area contributed by atoms with Crippen LogP contribution in [0, 0.1) is 19.8 Å². The zero-order valence-corrected chi connectivity index (χ0v) is 11.7. The van der Waals surface area contributed by atoms with Gasteiger partial charge in [0.05, 0.1) is 0 Å². The zero-order chi connectivity index (χ0) is 11.5. The molecule has 0 amide bonds. The molecule has 1 atom stereocenters. The van der Waals surface area contributed by atoms with Gasteiger partial charge in [-0.1, -0.05) is 22.0 Å². The molecular weight excluding hydrogens is 262 g/mol. The van der Waals surface area contributed by atoms with Gasteiger partial charge in [0, 0.05) is 4.47 Å². The maximum Gasteiger partial charge on any atom is 0.0207 e. The number of benzene rings is 1. The van der Waals surface area contributed by atoms with Crippen molar-refractivity contribution in [2.75, 3.05) is 13.1 Å². The zero-order valence-electron chi connectivity index (χ0n) is 10.1. The minimum Gasteiger partial charge on any atom is -0.316 e. The molecule has 1 aliphatic rings. The van der Waals surface area contributed by atoms with Gasteiger partial charge in [0.15, 0.2) is 0 Å². The molecule has 1 aromatic rings. The molecule has 1 aliphatic heterocycles. The molecule has 1 heterocycles. The van der Waals surface area contributed by atoms with Gasteiger partial charge in [0.25, 0.3) is 0 Å².